The molecule has 0 spiro atoms. The fourth-order valence-electron chi connectivity index (χ4n) is 1.06. The van der Waals surface area contributed by atoms with E-state index in [1.165, 1.54) is 0 Å². The molecule has 1 aromatic rings. The molecule has 0 atom stereocenters. The summed E-state index contributed by atoms with van der Waals surface area (Å²) in [5, 5.41) is 4.87. The van der Waals surface area contributed by atoms with Gasteiger partial charge >= 0.3 is 0 Å². The van der Waals surface area contributed by atoms with E-state index in [2.05, 4.69) is 4.72 Å². The minimum Gasteiger partial charge on any atom is -0.489 e. The molecule has 0 fully saturated rings. The van der Waals surface area contributed by atoms with Crippen LogP contribution in [0.25, 0.3) is 0 Å². The van der Waals surface area contributed by atoms with Crippen LogP contribution in [0.3, 0.4) is 0 Å². The number of anilines is 1. The summed E-state index contributed by atoms with van der Waals surface area (Å²) in [6, 6.07) is 6.71. The van der Waals surface area contributed by atoms with E-state index in [4.69, 9.17) is 9.88 Å². The smallest absolute Gasteiger partial charge is 0.296 e. The third kappa shape index (κ3) is 4.18. The molecule has 0 bridgehead atoms. The van der Waals surface area contributed by atoms with Crippen LogP contribution in [0, 0.1) is 0 Å². The Kier molecular flexibility index (Phi) is 3.54. The predicted octanol–water partition coefficient (Wildman–Crippen LogP) is 1.09. The van der Waals surface area contributed by atoms with Crippen LogP contribution in [0.4, 0.5) is 5.69 Å². The van der Waals surface area contributed by atoms with Gasteiger partial charge in [-0.2, -0.15) is 8.42 Å². The van der Waals surface area contributed by atoms with E-state index in [1.54, 1.807) is 24.3 Å². The third-order valence-electron chi connectivity index (χ3n) is 1.50. The Morgan fingerprint density at radius 2 is 1.93 bits per heavy atom. The number of rotatable bonds is 4. The Labute approximate surface area is 89.4 Å². The first-order valence-corrected chi connectivity index (χ1v) is 5.99. The molecule has 5 nitrogen and oxygen atoms in total. The van der Waals surface area contributed by atoms with Gasteiger partial charge in [0, 0.05) is 0 Å². The van der Waals surface area contributed by atoms with Crippen molar-refractivity contribution in [3.63, 3.8) is 0 Å². The zero-order chi connectivity index (χ0) is 11.5. The molecule has 15 heavy (non-hydrogen) atoms. The molecule has 0 saturated carbocycles. The second kappa shape index (κ2) is 4.50. The molecule has 84 valence electrons. The van der Waals surface area contributed by atoms with Crippen LogP contribution in [0.2, 0.25) is 0 Å². The van der Waals surface area contributed by atoms with Crippen molar-refractivity contribution >= 4 is 15.9 Å². The number of hydrogen-bond donors (Lipinski definition) is 2. The molecule has 3 N–H and O–H groups in total. The normalized spacial score (nSPS) is 11.5. The number of nitrogens with two attached hydrogens (primary N) is 1. The molecule has 0 aromatic heterocycles. The molecular weight excluding hydrogens is 216 g/mol. The van der Waals surface area contributed by atoms with Crippen LogP contribution in [0.1, 0.15) is 13.8 Å². The summed E-state index contributed by atoms with van der Waals surface area (Å²) < 4.78 is 29.3. The van der Waals surface area contributed by atoms with Crippen molar-refractivity contribution in [2.75, 3.05) is 4.72 Å². The Balaban J connectivity index is 2.96. The van der Waals surface area contributed by atoms with Crippen molar-refractivity contribution in [1.82, 2.24) is 0 Å². The fraction of sp³-hybridized carbons (Fsp3) is 0.333. The lowest BCUT2D eigenvalue weighted by Crippen LogP contribution is -2.22. The summed E-state index contributed by atoms with van der Waals surface area (Å²) in [6.07, 6.45) is -0.0339. The van der Waals surface area contributed by atoms with Crippen molar-refractivity contribution in [2.24, 2.45) is 5.14 Å². The highest BCUT2D eigenvalue weighted by Crippen LogP contribution is 2.25. The molecule has 1 aromatic carbocycles. The fourth-order valence-corrected chi connectivity index (χ4v) is 1.54. The minimum absolute atomic E-state index is 0.0339. The summed E-state index contributed by atoms with van der Waals surface area (Å²) in [4.78, 5) is 0. The molecule has 0 aliphatic heterocycles. The van der Waals surface area contributed by atoms with Crippen molar-refractivity contribution in [3.8, 4) is 5.75 Å². The molecule has 0 amide bonds. The first-order chi connectivity index (χ1) is 6.88. The van der Waals surface area contributed by atoms with Gasteiger partial charge in [-0.25, -0.2) is 5.14 Å². The number of ether oxygens (including phenoxy) is 1. The zero-order valence-corrected chi connectivity index (χ0v) is 9.41. The summed E-state index contributed by atoms with van der Waals surface area (Å²) in [5.74, 6) is 0.460. The Morgan fingerprint density at radius 1 is 1.33 bits per heavy atom. The van der Waals surface area contributed by atoms with Gasteiger partial charge in [0.05, 0.1) is 11.8 Å². The molecule has 0 radical (unpaired) electrons. The quantitative estimate of drug-likeness (QED) is 0.812. The van der Waals surface area contributed by atoms with Crippen molar-refractivity contribution < 1.29 is 13.2 Å². The Morgan fingerprint density at radius 3 is 2.47 bits per heavy atom. The maximum Gasteiger partial charge on any atom is 0.296 e. The molecule has 0 saturated heterocycles. The Bertz CT molecular complexity index is 429. The molecule has 1 rings (SSSR count). The lowest BCUT2D eigenvalue weighted by Gasteiger charge is -2.14. The molecule has 0 aliphatic carbocycles. The van der Waals surface area contributed by atoms with Crippen LogP contribution in [-0.2, 0) is 10.2 Å². The summed E-state index contributed by atoms with van der Waals surface area (Å²) in [7, 11) is -3.77. The highest BCUT2D eigenvalue weighted by Gasteiger charge is 2.08. The summed E-state index contributed by atoms with van der Waals surface area (Å²) >= 11 is 0. The minimum atomic E-state index is -3.77. The van der Waals surface area contributed by atoms with E-state index < -0.39 is 10.2 Å². The average molecular weight is 230 g/mol. The maximum absolute atomic E-state index is 10.8. The van der Waals surface area contributed by atoms with Gasteiger partial charge in [-0.05, 0) is 26.0 Å². The number of para-hydroxylation sites is 2. The van der Waals surface area contributed by atoms with Gasteiger partial charge in [0.2, 0.25) is 0 Å². The first kappa shape index (κ1) is 11.8. The van der Waals surface area contributed by atoms with Gasteiger partial charge in [-0.15, -0.1) is 0 Å². The second-order valence-electron chi connectivity index (χ2n) is 3.31. The van der Waals surface area contributed by atoms with E-state index in [9.17, 15) is 8.42 Å². The van der Waals surface area contributed by atoms with Crippen molar-refractivity contribution in [1.29, 1.82) is 0 Å². The van der Waals surface area contributed by atoms with Gasteiger partial charge in [0.25, 0.3) is 10.2 Å². The number of nitrogens with one attached hydrogen (secondary N) is 1. The van der Waals surface area contributed by atoms with Crippen LogP contribution < -0.4 is 14.6 Å². The highest BCUT2D eigenvalue weighted by molar-refractivity contribution is 7.90. The number of hydrogen-bond acceptors (Lipinski definition) is 3. The molecule has 0 unspecified atom stereocenters. The van der Waals surface area contributed by atoms with E-state index in [1.807, 2.05) is 13.8 Å². The zero-order valence-electron chi connectivity index (χ0n) is 8.60. The Hall–Kier alpha value is -1.27. The molecule has 0 aliphatic rings. The number of benzene rings is 1. The van der Waals surface area contributed by atoms with Crippen molar-refractivity contribution in [3.05, 3.63) is 24.3 Å². The van der Waals surface area contributed by atoms with E-state index in [-0.39, 0.29) is 6.10 Å². The maximum atomic E-state index is 10.8. The molecule has 6 heteroatoms. The van der Waals surface area contributed by atoms with E-state index in [0.29, 0.717) is 11.4 Å². The lowest BCUT2D eigenvalue weighted by atomic mass is 10.3. The average Bonchev–Trinajstić information content (AvgIpc) is 2.05. The van der Waals surface area contributed by atoms with Gasteiger partial charge in [0.1, 0.15) is 5.75 Å². The first-order valence-electron chi connectivity index (χ1n) is 4.45. The lowest BCUT2D eigenvalue weighted by molar-refractivity contribution is 0.244. The van der Waals surface area contributed by atoms with Gasteiger partial charge in [-0.1, -0.05) is 12.1 Å². The molecular formula is C9H14N2O3S. The van der Waals surface area contributed by atoms with Crippen LogP contribution in [-0.4, -0.2) is 14.5 Å². The van der Waals surface area contributed by atoms with E-state index in [0.717, 1.165) is 0 Å². The predicted molar refractivity (Wildman–Crippen MR) is 58.9 cm³/mol. The van der Waals surface area contributed by atoms with Crippen LogP contribution in [0.5, 0.6) is 5.75 Å². The largest absolute Gasteiger partial charge is 0.489 e. The van der Waals surface area contributed by atoms with Crippen molar-refractivity contribution in [2.45, 2.75) is 20.0 Å². The van der Waals surface area contributed by atoms with Gasteiger partial charge in [0.15, 0.2) is 0 Å². The third-order valence-corrected chi connectivity index (χ3v) is 2.01. The second-order valence-corrected chi connectivity index (χ2v) is 4.60. The monoisotopic (exact) mass is 230 g/mol. The topological polar surface area (TPSA) is 81.4 Å². The summed E-state index contributed by atoms with van der Waals surface area (Å²) in [5.41, 5.74) is 0.341. The highest BCUT2D eigenvalue weighted by atomic mass is 32.2. The molecule has 0 heterocycles. The SMILES string of the molecule is CC(C)Oc1ccccc1NS(N)(=O)=O. The van der Waals surface area contributed by atoms with Crippen LogP contribution in [0.15, 0.2) is 24.3 Å². The van der Waals surface area contributed by atoms with Gasteiger partial charge in [-0.3, -0.25) is 4.72 Å². The summed E-state index contributed by atoms with van der Waals surface area (Å²) in [6.45, 7) is 3.71. The van der Waals surface area contributed by atoms with E-state index >= 15 is 0 Å². The van der Waals surface area contributed by atoms with Crippen LogP contribution >= 0.6 is 0 Å². The van der Waals surface area contributed by atoms with Gasteiger partial charge < -0.3 is 4.74 Å². The standard InChI is InChI=1S/C9H14N2O3S/c1-7(2)14-9-6-4-3-5-8(9)11-15(10,12)13/h3-7,11H,1-2H3,(H2,10,12,13).